The van der Waals surface area contributed by atoms with Crippen LogP contribution in [0.4, 0.5) is 15.8 Å². The summed E-state index contributed by atoms with van der Waals surface area (Å²) in [4.78, 5) is 13.8. The second kappa shape index (κ2) is 8.47. The molecule has 0 spiro atoms. The first-order chi connectivity index (χ1) is 14.5. The van der Waals surface area contributed by atoms with E-state index in [1.807, 2.05) is 30.3 Å². The standard InChI is InChI=1S/C23H18ClFN2O3/c24-17-12-15(6-9-21(17)30-11-10-14-4-2-1-3-5-14)26-19-8-7-18(25)22-16(19)13-20(27-22)23(28)29/h1-9,12-13,26-27H,10-11H2,(H,28,29). The van der Waals surface area contributed by atoms with Gasteiger partial charge in [0, 0.05) is 23.2 Å². The molecular weight excluding hydrogens is 407 g/mol. The van der Waals surface area contributed by atoms with E-state index < -0.39 is 11.8 Å². The molecule has 4 rings (SSSR count). The van der Waals surface area contributed by atoms with Crippen molar-refractivity contribution in [3.63, 3.8) is 0 Å². The van der Waals surface area contributed by atoms with Crippen LogP contribution in [0.1, 0.15) is 16.1 Å². The fourth-order valence-corrected chi connectivity index (χ4v) is 3.42. The van der Waals surface area contributed by atoms with Crippen molar-refractivity contribution in [1.29, 1.82) is 0 Å². The molecule has 0 fully saturated rings. The Balaban J connectivity index is 1.50. The number of halogens is 2. The highest BCUT2D eigenvalue weighted by Crippen LogP contribution is 2.33. The van der Waals surface area contributed by atoms with Crippen LogP contribution >= 0.6 is 11.6 Å². The van der Waals surface area contributed by atoms with E-state index in [9.17, 15) is 9.18 Å². The molecule has 0 aliphatic rings. The lowest BCUT2D eigenvalue weighted by Gasteiger charge is -2.12. The predicted octanol–water partition coefficient (Wildman–Crippen LogP) is 6.02. The van der Waals surface area contributed by atoms with Crippen LogP contribution in [0.15, 0.2) is 66.7 Å². The Hall–Kier alpha value is -3.51. The SMILES string of the molecule is O=C(O)c1cc2c(Nc3ccc(OCCc4ccccc4)c(Cl)c3)ccc(F)c2[nH]1. The molecule has 0 aliphatic carbocycles. The highest BCUT2D eigenvalue weighted by Gasteiger charge is 2.14. The molecule has 0 aliphatic heterocycles. The van der Waals surface area contributed by atoms with Gasteiger partial charge in [-0.15, -0.1) is 0 Å². The van der Waals surface area contributed by atoms with Crippen molar-refractivity contribution < 1.29 is 19.0 Å². The van der Waals surface area contributed by atoms with Crippen molar-refractivity contribution in [3.05, 3.63) is 88.8 Å². The summed E-state index contributed by atoms with van der Waals surface area (Å²) < 4.78 is 19.8. The van der Waals surface area contributed by atoms with Crippen molar-refractivity contribution >= 4 is 39.8 Å². The summed E-state index contributed by atoms with van der Waals surface area (Å²) in [5, 5.41) is 13.2. The maximum atomic E-state index is 14.1. The van der Waals surface area contributed by atoms with Gasteiger partial charge in [-0.2, -0.15) is 0 Å². The van der Waals surface area contributed by atoms with E-state index >= 15 is 0 Å². The van der Waals surface area contributed by atoms with Crippen LogP contribution in [0.2, 0.25) is 5.02 Å². The van der Waals surface area contributed by atoms with Gasteiger partial charge in [0.05, 0.1) is 17.1 Å². The van der Waals surface area contributed by atoms with Crippen molar-refractivity contribution in [1.82, 2.24) is 4.98 Å². The van der Waals surface area contributed by atoms with Crippen LogP contribution in [0.5, 0.6) is 5.75 Å². The van der Waals surface area contributed by atoms with Gasteiger partial charge in [0.1, 0.15) is 17.3 Å². The normalized spacial score (nSPS) is 10.9. The van der Waals surface area contributed by atoms with E-state index in [1.165, 1.54) is 17.7 Å². The fourth-order valence-electron chi connectivity index (χ4n) is 3.18. The summed E-state index contributed by atoms with van der Waals surface area (Å²) in [6.45, 7) is 0.496. The third kappa shape index (κ3) is 4.23. The molecule has 3 N–H and O–H groups in total. The van der Waals surface area contributed by atoms with E-state index in [0.717, 1.165) is 6.42 Å². The molecule has 152 valence electrons. The Morgan fingerprint density at radius 2 is 1.90 bits per heavy atom. The number of hydrogen-bond donors (Lipinski definition) is 3. The number of aromatic amines is 1. The molecule has 1 heterocycles. The van der Waals surface area contributed by atoms with Crippen LogP contribution in [0, 0.1) is 5.82 Å². The molecule has 0 unspecified atom stereocenters. The first-order valence-corrected chi connectivity index (χ1v) is 9.67. The fraction of sp³-hybridized carbons (Fsp3) is 0.0870. The summed E-state index contributed by atoms with van der Waals surface area (Å²) >= 11 is 6.36. The van der Waals surface area contributed by atoms with Crippen molar-refractivity contribution in [3.8, 4) is 5.75 Å². The molecule has 0 saturated heterocycles. The van der Waals surface area contributed by atoms with Crippen molar-refractivity contribution in [2.24, 2.45) is 0 Å². The van der Waals surface area contributed by atoms with Crippen molar-refractivity contribution in [2.45, 2.75) is 6.42 Å². The molecule has 0 atom stereocenters. The Bertz CT molecular complexity index is 1210. The van der Waals surface area contributed by atoms with E-state index in [0.29, 0.717) is 34.1 Å². The second-order valence-corrected chi connectivity index (χ2v) is 7.13. The maximum Gasteiger partial charge on any atom is 0.352 e. The average molecular weight is 425 g/mol. The van der Waals surface area contributed by atoms with Crippen LogP contribution < -0.4 is 10.1 Å². The zero-order valence-electron chi connectivity index (χ0n) is 15.8. The molecule has 5 nitrogen and oxygen atoms in total. The molecule has 0 saturated carbocycles. The number of benzene rings is 3. The highest BCUT2D eigenvalue weighted by molar-refractivity contribution is 6.32. The van der Waals surface area contributed by atoms with Gasteiger partial charge in [0.25, 0.3) is 0 Å². The number of ether oxygens (including phenoxy) is 1. The topological polar surface area (TPSA) is 74.3 Å². The predicted molar refractivity (Wildman–Crippen MR) is 116 cm³/mol. The van der Waals surface area contributed by atoms with E-state index in [2.05, 4.69) is 10.3 Å². The van der Waals surface area contributed by atoms with Gasteiger partial charge < -0.3 is 20.1 Å². The minimum atomic E-state index is -1.16. The van der Waals surface area contributed by atoms with Gasteiger partial charge in [0.15, 0.2) is 0 Å². The lowest BCUT2D eigenvalue weighted by atomic mass is 10.2. The van der Waals surface area contributed by atoms with Crippen molar-refractivity contribution in [2.75, 3.05) is 11.9 Å². The average Bonchev–Trinajstić information content (AvgIpc) is 3.20. The number of fused-ring (bicyclic) bond motifs is 1. The Morgan fingerprint density at radius 1 is 1.10 bits per heavy atom. The molecule has 0 bridgehead atoms. The summed E-state index contributed by atoms with van der Waals surface area (Å²) in [5.41, 5.74) is 2.45. The quantitative estimate of drug-likeness (QED) is 0.339. The number of carboxylic acids is 1. The van der Waals surface area contributed by atoms with Gasteiger partial charge in [0.2, 0.25) is 0 Å². The van der Waals surface area contributed by atoms with Crippen LogP contribution in [0.3, 0.4) is 0 Å². The van der Waals surface area contributed by atoms with Gasteiger partial charge >= 0.3 is 5.97 Å². The van der Waals surface area contributed by atoms with E-state index in [-0.39, 0.29) is 11.2 Å². The minimum absolute atomic E-state index is 0.0849. The van der Waals surface area contributed by atoms with Crippen LogP contribution in [-0.2, 0) is 6.42 Å². The van der Waals surface area contributed by atoms with Gasteiger partial charge in [-0.3, -0.25) is 0 Å². The molecule has 0 amide bonds. The minimum Gasteiger partial charge on any atom is -0.492 e. The largest absolute Gasteiger partial charge is 0.492 e. The summed E-state index contributed by atoms with van der Waals surface area (Å²) in [6, 6.07) is 19.5. The molecule has 0 radical (unpaired) electrons. The molecule has 1 aromatic heterocycles. The van der Waals surface area contributed by atoms with Gasteiger partial charge in [-0.25, -0.2) is 9.18 Å². The van der Waals surface area contributed by atoms with Crippen LogP contribution in [-0.4, -0.2) is 22.7 Å². The van der Waals surface area contributed by atoms with Gasteiger partial charge in [-0.05, 0) is 42.0 Å². The van der Waals surface area contributed by atoms with E-state index in [4.69, 9.17) is 21.4 Å². The smallest absolute Gasteiger partial charge is 0.352 e. The zero-order chi connectivity index (χ0) is 21.1. The summed E-state index contributed by atoms with van der Waals surface area (Å²) in [5.74, 6) is -1.11. The number of aromatic carboxylic acids is 1. The first-order valence-electron chi connectivity index (χ1n) is 9.29. The third-order valence-corrected chi connectivity index (χ3v) is 4.97. The van der Waals surface area contributed by atoms with E-state index in [1.54, 1.807) is 24.3 Å². The van der Waals surface area contributed by atoms with Crippen LogP contribution in [0.25, 0.3) is 10.9 Å². The Kier molecular flexibility index (Phi) is 5.59. The number of aromatic nitrogens is 1. The number of H-pyrrole nitrogens is 1. The summed E-state index contributed by atoms with van der Waals surface area (Å²) in [6.07, 6.45) is 0.768. The maximum absolute atomic E-state index is 14.1. The monoisotopic (exact) mass is 424 g/mol. The third-order valence-electron chi connectivity index (χ3n) is 4.68. The van der Waals surface area contributed by atoms with Gasteiger partial charge in [-0.1, -0.05) is 41.9 Å². The second-order valence-electron chi connectivity index (χ2n) is 6.73. The Labute approximate surface area is 177 Å². The number of nitrogens with one attached hydrogen (secondary N) is 2. The lowest BCUT2D eigenvalue weighted by Crippen LogP contribution is -2.02. The molecule has 7 heteroatoms. The first kappa shape index (κ1) is 19.8. The number of carbonyl (C=O) groups is 1. The highest BCUT2D eigenvalue weighted by atomic mass is 35.5. The molecule has 4 aromatic rings. The lowest BCUT2D eigenvalue weighted by molar-refractivity contribution is 0.0691. The number of hydrogen-bond acceptors (Lipinski definition) is 3. The number of carboxylic acid groups (broad SMARTS) is 1. The molecule has 30 heavy (non-hydrogen) atoms. The number of anilines is 2. The zero-order valence-corrected chi connectivity index (χ0v) is 16.5. The molecular formula is C23H18ClFN2O3. The number of rotatable bonds is 7. The summed E-state index contributed by atoms with van der Waals surface area (Å²) in [7, 11) is 0. The Morgan fingerprint density at radius 3 is 2.63 bits per heavy atom. The molecule has 3 aromatic carbocycles.